The van der Waals surface area contributed by atoms with Crippen molar-refractivity contribution in [1.29, 1.82) is 0 Å². The summed E-state index contributed by atoms with van der Waals surface area (Å²) in [4.78, 5) is 0. The molecule has 1 fully saturated rings. The average molecular weight is 221 g/mol. The van der Waals surface area contributed by atoms with E-state index in [1.54, 1.807) is 14.2 Å². The van der Waals surface area contributed by atoms with Gasteiger partial charge < -0.3 is 19.9 Å². The molecule has 2 bridgehead atoms. The Morgan fingerprint density at radius 1 is 1.19 bits per heavy atom. The third-order valence-corrected chi connectivity index (χ3v) is 3.44. The zero-order valence-electron chi connectivity index (χ0n) is 9.40. The molecular weight excluding hydrogens is 206 g/mol. The second-order valence-corrected chi connectivity index (χ2v) is 4.24. The molecule has 2 aliphatic rings. The van der Waals surface area contributed by atoms with Crippen LogP contribution in [0.1, 0.15) is 29.8 Å². The lowest BCUT2D eigenvalue weighted by Gasteiger charge is -2.21. The molecule has 0 spiro atoms. The summed E-state index contributed by atoms with van der Waals surface area (Å²) in [5.41, 5.74) is 8.22. The van der Waals surface area contributed by atoms with Crippen LogP contribution in [0.25, 0.3) is 0 Å². The second-order valence-electron chi connectivity index (χ2n) is 4.24. The molecule has 0 aliphatic carbocycles. The smallest absolute Gasteiger partial charge is 0.125 e. The van der Waals surface area contributed by atoms with E-state index in [1.165, 1.54) is 0 Å². The topological polar surface area (TPSA) is 53.7 Å². The van der Waals surface area contributed by atoms with Gasteiger partial charge >= 0.3 is 0 Å². The Morgan fingerprint density at radius 3 is 2.44 bits per heavy atom. The number of hydrogen-bond acceptors (Lipinski definition) is 4. The van der Waals surface area contributed by atoms with Crippen LogP contribution in [0.15, 0.2) is 12.1 Å². The summed E-state index contributed by atoms with van der Waals surface area (Å²) >= 11 is 0. The fraction of sp³-hybridized carbons (Fsp3) is 0.500. The van der Waals surface area contributed by atoms with Crippen LogP contribution in [-0.4, -0.2) is 20.3 Å². The van der Waals surface area contributed by atoms with Crippen molar-refractivity contribution in [3.63, 3.8) is 0 Å². The summed E-state index contributed by atoms with van der Waals surface area (Å²) in [6.45, 7) is 0. The van der Waals surface area contributed by atoms with Gasteiger partial charge in [-0.15, -0.1) is 0 Å². The van der Waals surface area contributed by atoms with Crippen molar-refractivity contribution in [2.75, 3.05) is 14.2 Å². The summed E-state index contributed by atoms with van der Waals surface area (Å²) in [6.07, 6.45) is 0.895. The van der Waals surface area contributed by atoms with Crippen LogP contribution >= 0.6 is 0 Å². The highest BCUT2D eigenvalue weighted by molar-refractivity contribution is 5.55. The van der Waals surface area contributed by atoms with E-state index in [4.69, 9.17) is 19.9 Å². The minimum Gasteiger partial charge on any atom is -0.496 e. The molecule has 2 aliphatic heterocycles. The van der Waals surface area contributed by atoms with E-state index in [2.05, 4.69) is 0 Å². The second kappa shape index (κ2) is 3.37. The van der Waals surface area contributed by atoms with Crippen molar-refractivity contribution in [2.24, 2.45) is 5.73 Å². The summed E-state index contributed by atoms with van der Waals surface area (Å²) < 4.78 is 16.6. The van der Waals surface area contributed by atoms with Gasteiger partial charge in [-0.3, -0.25) is 0 Å². The van der Waals surface area contributed by atoms with E-state index in [9.17, 15) is 0 Å². The largest absolute Gasteiger partial charge is 0.496 e. The van der Waals surface area contributed by atoms with Gasteiger partial charge in [-0.1, -0.05) is 0 Å². The van der Waals surface area contributed by atoms with E-state index in [1.807, 2.05) is 12.1 Å². The van der Waals surface area contributed by atoms with Gasteiger partial charge in [0, 0.05) is 17.2 Å². The number of methoxy groups -OCH3 is 2. The Morgan fingerprint density at radius 2 is 1.81 bits per heavy atom. The maximum atomic E-state index is 6.03. The molecule has 4 heteroatoms. The number of fused-ring (bicyclic) bond motifs is 5. The average Bonchev–Trinajstić information content (AvgIpc) is 2.85. The molecule has 3 atom stereocenters. The predicted molar refractivity (Wildman–Crippen MR) is 58.7 cm³/mol. The molecule has 0 aromatic heterocycles. The normalized spacial score (nSPS) is 30.3. The van der Waals surface area contributed by atoms with Crippen molar-refractivity contribution in [3.8, 4) is 11.5 Å². The molecule has 0 unspecified atom stereocenters. The molecule has 2 N–H and O–H groups in total. The van der Waals surface area contributed by atoms with Crippen LogP contribution < -0.4 is 15.2 Å². The van der Waals surface area contributed by atoms with Crippen molar-refractivity contribution >= 4 is 0 Å². The lowest BCUT2D eigenvalue weighted by molar-refractivity contribution is 0.0664. The molecule has 0 saturated carbocycles. The summed E-state index contributed by atoms with van der Waals surface area (Å²) in [5, 5.41) is 0. The number of nitrogens with two attached hydrogens (primary N) is 1. The highest BCUT2D eigenvalue weighted by atomic mass is 16.5. The van der Waals surface area contributed by atoms with Crippen LogP contribution in [0.2, 0.25) is 0 Å². The first-order valence-corrected chi connectivity index (χ1v) is 5.42. The lowest BCUT2D eigenvalue weighted by Crippen LogP contribution is -2.26. The summed E-state index contributed by atoms with van der Waals surface area (Å²) in [7, 11) is 3.34. The first-order chi connectivity index (χ1) is 7.76. The van der Waals surface area contributed by atoms with Crippen LogP contribution in [0, 0.1) is 0 Å². The Balaban J connectivity index is 2.20. The van der Waals surface area contributed by atoms with Gasteiger partial charge in [0.2, 0.25) is 0 Å². The van der Waals surface area contributed by atoms with Crippen molar-refractivity contribution in [2.45, 2.75) is 24.7 Å². The van der Waals surface area contributed by atoms with E-state index >= 15 is 0 Å². The molecule has 86 valence electrons. The number of hydrogen-bond donors (Lipinski definition) is 1. The zero-order valence-corrected chi connectivity index (χ0v) is 9.40. The van der Waals surface area contributed by atoms with Gasteiger partial charge in [0.15, 0.2) is 0 Å². The minimum atomic E-state index is -0.0370. The first kappa shape index (κ1) is 9.93. The quantitative estimate of drug-likeness (QED) is 0.823. The van der Waals surface area contributed by atoms with E-state index in [0.717, 1.165) is 29.0 Å². The van der Waals surface area contributed by atoms with Crippen molar-refractivity contribution in [3.05, 3.63) is 23.3 Å². The molecule has 4 nitrogen and oxygen atoms in total. The van der Waals surface area contributed by atoms with Crippen LogP contribution in [-0.2, 0) is 4.74 Å². The number of rotatable bonds is 2. The molecule has 3 rings (SSSR count). The molecule has 1 saturated heterocycles. The van der Waals surface area contributed by atoms with Crippen LogP contribution in [0.5, 0.6) is 11.5 Å². The standard InChI is InChI=1S/C12H15NO3/c1-14-7-3-4-8(15-2)11-10(7)9-5-6(13)12(11)16-9/h3-4,6,9,12H,5,13H2,1-2H3/t6-,9+,12-/m0/s1. The highest BCUT2D eigenvalue weighted by Crippen LogP contribution is 2.55. The molecule has 1 aromatic rings. The van der Waals surface area contributed by atoms with E-state index < -0.39 is 0 Å². The summed E-state index contributed by atoms with van der Waals surface area (Å²) in [5.74, 6) is 1.72. The fourth-order valence-electron chi connectivity index (χ4n) is 2.75. The third-order valence-electron chi connectivity index (χ3n) is 3.44. The lowest BCUT2D eigenvalue weighted by atomic mass is 9.87. The number of ether oxygens (including phenoxy) is 3. The van der Waals surface area contributed by atoms with Crippen molar-refractivity contribution < 1.29 is 14.2 Å². The van der Waals surface area contributed by atoms with E-state index in [0.29, 0.717) is 0 Å². The summed E-state index contributed by atoms with van der Waals surface area (Å²) in [6, 6.07) is 3.90. The highest BCUT2D eigenvalue weighted by Gasteiger charge is 2.47. The molecular formula is C12H15NO3. The van der Waals surface area contributed by atoms with Crippen molar-refractivity contribution in [1.82, 2.24) is 0 Å². The van der Waals surface area contributed by atoms with E-state index in [-0.39, 0.29) is 18.2 Å². The predicted octanol–water partition coefficient (Wildman–Crippen LogP) is 1.55. The molecule has 2 heterocycles. The fourth-order valence-corrected chi connectivity index (χ4v) is 2.75. The monoisotopic (exact) mass is 221 g/mol. The van der Waals surface area contributed by atoms with Gasteiger partial charge in [-0.05, 0) is 18.6 Å². The maximum Gasteiger partial charge on any atom is 0.125 e. The van der Waals surface area contributed by atoms with Gasteiger partial charge in [0.1, 0.15) is 17.6 Å². The molecule has 0 amide bonds. The Kier molecular flexibility index (Phi) is 2.09. The SMILES string of the molecule is COc1ccc(OC)c2c1[C@H]1O[C@@H]2C[C@@H]1N. The Hall–Kier alpha value is -1.26. The minimum absolute atomic E-state index is 0.0370. The molecule has 16 heavy (non-hydrogen) atoms. The molecule has 0 radical (unpaired) electrons. The van der Waals surface area contributed by atoms with Gasteiger partial charge in [-0.25, -0.2) is 0 Å². The van der Waals surface area contributed by atoms with Crippen LogP contribution in [0.4, 0.5) is 0 Å². The Bertz CT molecular complexity index is 433. The van der Waals surface area contributed by atoms with Gasteiger partial charge in [-0.2, -0.15) is 0 Å². The third kappa shape index (κ3) is 1.11. The molecule has 1 aromatic carbocycles. The van der Waals surface area contributed by atoms with Crippen LogP contribution in [0.3, 0.4) is 0 Å². The van der Waals surface area contributed by atoms with Gasteiger partial charge in [0.25, 0.3) is 0 Å². The van der Waals surface area contributed by atoms with Gasteiger partial charge in [0.05, 0.1) is 20.3 Å². The number of benzene rings is 1. The maximum absolute atomic E-state index is 6.03. The Labute approximate surface area is 94.3 Å². The first-order valence-electron chi connectivity index (χ1n) is 5.42. The zero-order chi connectivity index (χ0) is 11.3.